The Morgan fingerprint density at radius 2 is 2.33 bits per heavy atom. The molecule has 1 aromatic carbocycles. The van der Waals surface area contributed by atoms with E-state index in [4.69, 9.17) is 9.84 Å². The number of aliphatic hydroxyl groups is 1. The van der Waals surface area contributed by atoms with Crippen LogP contribution >= 0.6 is 0 Å². The smallest absolute Gasteiger partial charge is 0.249 e. The molecule has 112 valence electrons. The van der Waals surface area contributed by atoms with Crippen molar-refractivity contribution >= 4 is 5.91 Å². The van der Waals surface area contributed by atoms with Gasteiger partial charge in [0.05, 0.1) is 12.1 Å². The van der Waals surface area contributed by atoms with Gasteiger partial charge in [0.15, 0.2) is 0 Å². The highest BCUT2D eigenvalue weighted by atomic mass is 16.5. The van der Waals surface area contributed by atoms with E-state index in [-0.39, 0.29) is 30.8 Å². The zero-order valence-corrected chi connectivity index (χ0v) is 12.4. The number of carbonyl (C=O) groups is 1. The normalized spacial score (nSPS) is 22.2. The monoisotopic (exact) mass is 287 g/mol. The molecule has 0 spiro atoms. The lowest BCUT2D eigenvalue weighted by Gasteiger charge is -2.18. The largest absolute Gasteiger partial charge is 0.384 e. The van der Waals surface area contributed by atoms with Gasteiger partial charge in [-0.3, -0.25) is 4.79 Å². The van der Waals surface area contributed by atoms with Crippen LogP contribution in [0.15, 0.2) is 24.3 Å². The van der Waals surface area contributed by atoms with Crippen LogP contribution in [0.5, 0.6) is 0 Å². The summed E-state index contributed by atoms with van der Waals surface area (Å²) in [6.45, 7) is 3.77. The summed E-state index contributed by atoms with van der Waals surface area (Å²) in [5.41, 5.74) is 1.81. The molecule has 1 heterocycles. The van der Waals surface area contributed by atoms with Crippen LogP contribution in [0, 0.1) is 11.8 Å². The van der Waals surface area contributed by atoms with Gasteiger partial charge < -0.3 is 15.2 Å². The van der Waals surface area contributed by atoms with Crippen LogP contribution in [0.2, 0.25) is 0 Å². The zero-order valence-electron chi connectivity index (χ0n) is 12.4. The van der Waals surface area contributed by atoms with Gasteiger partial charge in [-0.05, 0) is 44.4 Å². The number of amides is 1. The molecule has 0 saturated carbocycles. The van der Waals surface area contributed by atoms with Gasteiger partial charge >= 0.3 is 0 Å². The number of hydrogen-bond acceptors (Lipinski definition) is 3. The fourth-order valence-corrected chi connectivity index (χ4v) is 2.41. The highest BCUT2D eigenvalue weighted by Gasteiger charge is 2.28. The lowest BCUT2D eigenvalue weighted by atomic mass is 10.0. The molecule has 2 rings (SSSR count). The van der Waals surface area contributed by atoms with Crippen LogP contribution in [0.1, 0.15) is 43.9 Å². The molecule has 1 fully saturated rings. The van der Waals surface area contributed by atoms with Crippen LogP contribution in [0.3, 0.4) is 0 Å². The summed E-state index contributed by atoms with van der Waals surface area (Å²) in [5.74, 6) is 5.43. The Kier molecular flexibility index (Phi) is 5.38. The third-order valence-corrected chi connectivity index (χ3v) is 3.58. The summed E-state index contributed by atoms with van der Waals surface area (Å²) in [7, 11) is 0. The summed E-state index contributed by atoms with van der Waals surface area (Å²) in [6, 6.07) is 7.54. The Labute approximate surface area is 125 Å². The maximum atomic E-state index is 12.1. The van der Waals surface area contributed by atoms with Crippen molar-refractivity contribution in [2.45, 2.75) is 44.9 Å². The number of hydrogen-bond donors (Lipinski definition) is 2. The van der Waals surface area contributed by atoms with Crippen LogP contribution < -0.4 is 5.32 Å². The van der Waals surface area contributed by atoms with E-state index in [1.807, 2.05) is 38.1 Å². The first-order valence-electron chi connectivity index (χ1n) is 7.25. The summed E-state index contributed by atoms with van der Waals surface area (Å²) < 4.78 is 5.57. The minimum absolute atomic E-state index is 0.0568. The molecule has 0 bridgehead atoms. The first-order valence-corrected chi connectivity index (χ1v) is 7.25. The molecular weight excluding hydrogens is 266 g/mol. The quantitative estimate of drug-likeness (QED) is 0.833. The molecule has 21 heavy (non-hydrogen) atoms. The van der Waals surface area contributed by atoms with Crippen molar-refractivity contribution in [2.75, 3.05) is 6.61 Å². The van der Waals surface area contributed by atoms with Gasteiger partial charge in [-0.15, -0.1) is 0 Å². The number of ether oxygens (including phenoxy) is 1. The van der Waals surface area contributed by atoms with E-state index in [0.717, 1.165) is 24.0 Å². The molecule has 4 heteroatoms. The molecule has 3 unspecified atom stereocenters. The molecule has 1 aromatic rings. The molecule has 1 aliphatic heterocycles. The van der Waals surface area contributed by atoms with Crippen LogP contribution in [0.4, 0.5) is 0 Å². The lowest BCUT2D eigenvalue weighted by Crippen LogP contribution is -2.36. The molecule has 4 nitrogen and oxygen atoms in total. The van der Waals surface area contributed by atoms with Gasteiger partial charge in [-0.1, -0.05) is 24.0 Å². The van der Waals surface area contributed by atoms with Crippen molar-refractivity contribution in [1.82, 2.24) is 5.32 Å². The van der Waals surface area contributed by atoms with Crippen molar-refractivity contribution in [1.29, 1.82) is 0 Å². The lowest BCUT2D eigenvalue weighted by molar-refractivity contribution is -0.132. The topological polar surface area (TPSA) is 58.6 Å². The minimum Gasteiger partial charge on any atom is -0.384 e. The van der Waals surface area contributed by atoms with E-state index >= 15 is 0 Å². The van der Waals surface area contributed by atoms with E-state index in [1.165, 1.54) is 0 Å². The highest BCUT2D eigenvalue weighted by molar-refractivity contribution is 5.81. The van der Waals surface area contributed by atoms with Gasteiger partial charge in [-0.2, -0.15) is 0 Å². The molecule has 2 N–H and O–H groups in total. The maximum absolute atomic E-state index is 12.1. The van der Waals surface area contributed by atoms with Crippen molar-refractivity contribution < 1.29 is 14.6 Å². The number of rotatable bonds is 3. The first-order chi connectivity index (χ1) is 10.1. The predicted octanol–water partition coefficient (Wildman–Crippen LogP) is 1.78. The molecule has 0 aromatic heterocycles. The highest BCUT2D eigenvalue weighted by Crippen LogP contribution is 2.21. The second-order valence-corrected chi connectivity index (χ2v) is 5.33. The summed E-state index contributed by atoms with van der Waals surface area (Å²) in [6.07, 6.45) is 1.54. The Balaban J connectivity index is 1.99. The van der Waals surface area contributed by atoms with E-state index in [9.17, 15) is 4.79 Å². The van der Waals surface area contributed by atoms with Crippen molar-refractivity contribution in [3.8, 4) is 11.8 Å². The average Bonchev–Trinajstić information content (AvgIpc) is 2.92. The molecular formula is C17H21NO3. The van der Waals surface area contributed by atoms with Crippen LogP contribution in [-0.2, 0) is 9.53 Å². The van der Waals surface area contributed by atoms with Crippen molar-refractivity contribution in [3.05, 3.63) is 35.4 Å². The molecule has 1 saturated heterocycles. The van der Waals surface area contributed by atoms with E-state index < -0.39 is 0 Å². The molecule has 0 aliphatic carbocycles. The Bertz CT molecular complexity index is 559. The van der Waals surface area contributed by atoms with E-state index in [1.54, 1.807) is 0 Å². The zero-order chi connectivity index (χ0) is 15.2. The number of carbonyl (C=O) groups excluding carboxylic acids is 1. The van der Waals surface area contributed by atoms with Crippen LogP contribution in [-0.4, -0.2) is 29.8 Å². The number of nitrogens with one attached hydrogen (secondary N) is 1. The number of aliphatic hydroxyl groups excluding tert-OH is 1. The van der Waals surface area contributed by atoms with Crippen molar-refractivity contribution in [2.24, 2.45) is 0 Å². The van der Waals surface area contributed by atoms with Gasteiger partial charge in [0.25, 0.3) is 0 Å². The van der Waals surface area contributed by atoms with E-state index in [2.05, 4.69) is 17.2 Å². The third-order valence-electron chi connectivity index (χ3n) is 3.58. The fraction of sp³-hybridized carbons (Fsp3) is 0.471. The average molecular weight is 287 g/mol. The maximum Gasteiger partial charge on any atom is 0.249 e. The minimum atomic E-state index is -0.334. The molecule has 1 aliphatic rings. The molecule has 1 amide bonds. The second kappa shape index (κ2) is 7.26. The summed E-state index contributed by atoms with van der Waals surface area (Å²) in [5, 5.41) is 11.7. The second-order valence-electron chi connectivity index (χ2n) is 5.33. The standard InChI is InChI=1S/C17H21NO3/c1-12-8-9-16(21-12)17(20)18-13(2)15-7-3-5-14(11-15)6-4-10-19/h3,5,7,11-13,16,19H,8-10H2,1-2H3,(H,18,20). The van der Waals surface area contributed by atoms with Gasteiger partial charge in [0.1, 0.15) is 12.7 Å². The Morgan fingerprint density at radius 3 is 3.00 bits per heavy atom. The summed E-state index contributed by atoms with van der Waals surface area (Å²) in [4.78, 5) is 12.1. The van der Waals surface area contributed by atoms with Gasteiger partial charge in [0.2, 0.25) is 5.91 Å². The third kappa shape index (κ3) is 4.32. The van der Waals surface area contributed by atoms with Gasteiger partial charge in [-0.25, -0.2) is 0 Å². The predicted molar refractivity (Wildman–Crippen MR) is 80.5 cm³/mol. The fourth-order valence-electron chi connectivity index (χ4n) is 2.41. The Morgan fingerprint density at radius 1 is 1.52 bits per heavy atom. The van der Waals surface area contributed by atoms with Crippen molar-refractivity contribution in [3.63, 3.8) is 0 Å². The van der Waals surface area contributed by atoms with Gasteiger partial charge in [0, 0.05) is 5.56 Å². The Hall–Kier alpha value is -1.83. The summed E-state index contributed by atoms with van der Waals surface area (Å²) >= 11 is 0. The van der Waals surface area contributed by atoms with Crippen LogP contribution in [0.25, 0.3) is 0 Å². The SMILES string of the molecule is CC1CCC(C(=O)NC(C)c2cccc(C#CCO)c2)O1. The molecule has 0 radical (unpaired) electrons. The molecule has 3 atom stereocenters. The number of benzene rings is 1. The first kappa shape index (κ1) is 15.6. The van der Waals surface area contributed by atoms with E-state index in [0.29, 0.717) is 0 Å².